The number of aromatic amines is 1. The van der Waals surface area contributed by atoms with Gasteiger partial charge in [0.2, 0.25) is 5.91 Å². The zero-order valence-corrected chi connectivity index (χ0v) is 13.4. The van der Waals surface area contributed by atoms with Crippen LogP contribution in [0.2, 0.25) is 0 Å². The molecule has 3 rings (SSSR count). The van der Waals surface area contributed by atoms with Gasteiger partial charge in [0.1, 0.15) is 11.9 Å². The number of carbonyl (C=O) groups is 1. The molecule has 0 saturated heterocycles. The molecular formula is C17H20N4O3. The Kier molecular flexibility index (Phi) is 4.46. The second-order valence-electron chi connectivity index (χ2n) is 5.98. The number of aliphatic hydroxyl groups excluding tert-OH is 1. The van der Waals surface area contributed by atoms with Gasteiger partial charge in [-0.2, -0.15) is 0 Å². The van der Waals surface area contributed by atoms with E-state index in [1.165, 1.54) is 6.92 Å². The largest absolute Gasteiger partial charge is 0.391 e. The molecule has 0 spiro atoms. The molecule has 0 radical (unpaired) electrons. The normalized spacial score (nSPS) is 16.4. The number of rotatable bonds is 3. The summed E-state index contributed by atoms with van der Waals surface area (Å²) in [6, 6.07) is 8.37. The van der Waals surface area contributed by atoms with E-state index < -0.39 is 12.1 Å². The van der Waals surface area contributed by atoms with Gasteiger partial charge in [-0.05, 0) is 13.3 Å². The molecule has 4 N–H and O–H groups in total. The van der Waals surface area contributed by atoms with Crippen molar-refractivity contribution in [3.05, 3.63) is 51.9 Å². The SMILES string of the molecule is C[C@@H](O)[C@H](N)C(=O)N1CCc2c(nc(-c3ccccc3)[nH]c2=O)C1. The molecule has 1 aromatic carbocycles. The first kappa shape index (κ1) is 16.4. The number of carbonyl (C=O) groups excluding carboxylic acids is 1. The zero-order chi connectivity index (χ0) is 17.3. The summed E-state index contributed by atoms with van der Waals surface area (Å²) in [6.07, 6.45) is -0.503. The van der Waals surface area contributed by atoms with Crippen molar-refractivity contribution in [2.45, 2.75) is 32.0 Å². The summed E-state index contributed by atoms with van der Waals surface area (Å²) in [5.41, 5.74) is 7.54. The fourth-order valence-corrected chi connectivity index (χ4v) is 2.78. The Morgan fingerprint density at radius 1 is 1.38 bits per heavy atom. The van der Waals surface area contributed by atoms with Crippen LogP contribution in [0, 0.1) is 0 Å². The molecule has 0 unspecified atom stereocenters. The van der Waals surface area contributed by atoms with E-state index in [2.05, 4.69) is 9.97 Å². The Hall–Kier alpha value is -2.51. The van der Waals surface area contributed by atoms with Crippen molar-refractivity contribution in [2.24, 2.45) is 5.73 Å². The topological polar surface area (TPSA) is 112 Å². The summed E-state index contributed by atoms with van der Waals surface area (Å²) in [5, 5.41) is 9.51. The van der Waals surface area contributed by atoms with Crippen LogP contribution in [-0.2, 0) is 17.8 Å². The van der Waals surface area contributed by atoms with Crippen molar-refractivity contribution in [3.8, 4) is 11.4 Å². The predicted octanol–water partition coefficient (Wildman–Crippen LogP) is 0.0297. The Labute approximate surface area is 139 Å². The van der Waals surface area contributed by atoms with Gasteiger partial charge in [0.25, 0.3) is 5.56 Å². The maximum absolute atomic E-state index is 12.3. The molecule has 0 saturated carbocycles. The number of benzene rings is 1. The summed E-state index contributed by atoms with van der Waals surface area (Å²) < 4.78 is 0. The van der Waals surface area contributed by atoms with Crippen molar-refractivity contribution in [1.82, 2.24) is 14.9 Å². The van der Waals surface area contributed by atoms with Gasteiger partial charge < -0.3 is 20.7 Å². The summed E-state index contributed by atoms with van der Waals surface area (Å²) in [6.45, 7) is 2.09. The molecule has 7 heteroatoms. The van der Waals surface area contributed by atoms with Gasteiger partial charge >= 0.3 is 0 Å². The van der Waals surface area contributed by atoms with Crippen molar-refractivity contribution < 1.29 is 9.90 Å². The van der Waals surface area contributed by atoms with E-state index in [1.807, 2.05) is 30.3 Å². The molecule has 126 valence electrons. The van der Waals surface area contributed by atoms with Gasteiger partial charge in [-0.25, -0.2) is 4.98 Å². The van der Waals surface area contributed by atoms with Crippen LogP contribution in [0.25, 0.3) is 11.4 Å². The lowest BCUT2D eigenvalue weighted by molar-refractivity contribution is -0.135. The van der Waals surface area contributed by atoms with Crippen molar-refractivity contribution in [2.75, 3.05) is 6.54 Å². The fourth-order valence-electron chi connectivity index (χ4n) is 2.78. The van der Waals surface area contributed by atoms with E-state index >= 15 is 0 Å². The zero-order valence-electron chi connectivity index (χ0n) is 13.4. The molecule has 0 bridgehead atoms. The highest BCUT2D eigenvalue weighted by Crippen LogP contribution is 2.19. The van der Waals surface area contributed by atoms with Crippen molar-refractivity contribution in [3.63, 3.8) is 0 Å². The van der Waals surface area contributed by atoms with E-state index in [0.29, 0.717) is 30.0 Å². The van der Waals surface area contributed by atoms with Crippen molar-refractivity contribution in [1.29, 1.82) is 0 Å². The molecule has 2 aromatic rings. The van der Waals surface area contributed by atoms with Gasteiger partial charge in [-0.3, -0.25) is 9.59 Å². The fraction of sp³-hybridized carbons (Fsp3) is 0.353. The van der Waals surface area contributed by atoms with Crippen LogP contribution in [0.15, 0.2) is 35.1 Å². The molecule has 2 atom stereocenters. The number of hydrogen-bond donors (Lipinski definition) is 3. The number of fused-ring (bicyclic) bond motifs is 1. The summed E-state index contributed by atoms with van der Waals surface area (Å²) in [7, 11) is 0. The Bertz CT molecular complexity index is 801. The number of nitrogens with zero attached hydrogens (tertiary/aromatic N) is 2. The van der Waals surface area contributed by atoms with E-state index in [9.17, 15) is 14.7 Å². The average molecular weight is 328 g/mol. The third-order valence-electron chi connectivity index (χ3n) is 4.24. The highest BCUT2D eigenvalue weighted by atomic mass is 16.3. The van der Waals surface area contributed by atoms with Crippen LogP contribution in [-0.4, -0.2) is 44.6 Å². The number of nitrogens with one attached hydrogen (secondary N) is 1. The number of amides is 1. The molecule has 1 aromatic heterocycles. The maximum Gasteiger partial charge on any atom is 0.254 e. The van der Waals surface area contributed by atoms with Gasteiger partial charge in [-0.15, -0.1) is 0 Å². The number of aliphatic hydroxyl groups is 1. The van der Waals surface area contributed by atoms with Crippen LogP contribution < -0.4 is 11.3 Å². The monoisotopic (exact) mass is 328 g/mol. The molecule has 0 aliphatic carbocycles. The summed E-state index contributed by atoms with van der Waals surface area (Å²) in [4.78, 5) is 33.5. The average Bonchev–Trinajstić information content (AvgIpc) is 2.60. The highest BCUT2D eigenvalue weighted by Gasteiger charge is 2.29. The van der Waals surface area contributed by atoms with Crippen molar-refractivity contribution >= 4 is 5.91 Å². The third kappa shape index (κ3) is 3.08. The maximum atomic E-state index is 12.3. The number of H-pyrrole nitrogens is 1. The van der Waals surface area contributed by atoms with E-state index in [-0.39, 0.29) is 18.0 Å². The minimum atomic E-state index is -0.970. The first-order valence-electron chi connectivity index (χ1n) is 7.87. The lowest BCUT2D eigenvalue weighted by atomic mass is 10.0. The van der Waals surface area contributed by atoms with E-state index in [1.54, 1.807) is 4.90 Å². The molecule has 24 heavy (non-hydrogen) atoms. The van der Waals surface area contributed by atoms with Gasteiger partial charge in [0, 0.05) is 17.7 Å². The minimum Gasteiger partial charge on any atom is -0.391 e. The van der Waals surface area contributed by atoms with Crippen LogP contribution in [0.3, 0.4) is 0 Å². The first-order valence-corrected chi connectivity index (χ1v) is 7.87. The van der Waals surface area contributed by atoms with Crippen LogP contribution >= 0.6 is 0 Å². The highest BCUT2D eigenvalue weighted by molar-refractivity contribution is 5.82. The molecular weight excluding hydrogens is 308 g/mol. The lowest BCUT2D eigenvalue weighted by Gasteiger charge is -2.30. The second-order valence-corrected chi connectivity index (χ2v) is 5.98. The summed E-state index contributed by atoms with van der Waals surface area (Å²) in [5.74, 6) is 0.146. The Morgan fingerprint density at radius 2 is 2.08 bits per heavy atom. The number of aromatic nitrogens is 2. The van der Waals surface area contributed by atoms with Crippen LogP contribution in [0.1, 0.15) is 18.2 Å². The first-order chi connectivity index (χ1) is 11.5. The quantitative estimate of drug-likeness (QED) is 0.736. The van der Waals surface area contributed by atoms with E-state index in [0.717, 1.165) is 5.56 Å². The lowest BCUT2D eigenvalue weighted by Crippen LogP contribution is -2.51. The van der Waals surface area contributed by atoms with Gasteiger partial charge in [-0.1, -0.05) is 30.3 Å². The van der Waals surface area contributed by atoms with Gasteiger partial charge in [0.15, 0.2) is 0 Å². The van der Waals surface area contributed by atoms with Crippen LogP contribution in [0.4, 0.5) is 0 Å². The van der Waals surface area contributed by atoms with Crippen LogP contribution in [0.5, 0.6) is 0 Å². The summed E-state index contributed by atoms with van der Waals surface area (Å²) >= 11 is 0. The van der Waals surface area contributed by atoms with Gasteiger partial charge in [0.05, 0.1) is 18.3 Å². The third-order valence-corrected chi connectivity index (χ3v) is 4.24. The number of nitrogens with two attached hydrogens (primary N) is 1. The smallest absolute Gasteiger partial charge is 0.254 e. The minimum absolute atomic E-state index is 0.175. The Morgan fingerprint density at radius 3 is 2.75 bits per heavy atom. The molecule has 7 nitrogen and oxygen atoms in total. The molecule has 1 aliphatic heterocycles. The molecule has 2 heterocycles. The standard InChI is InChI=1S/C17H20N4O3/c1-10(22)14(18)17(24)21-8-7-12-13(9-21)19-15(20-16(12)23)11-5-3-2-4-6-11/h2-6,10,14,22H,7-9,18H2,1H3,(H,19,20,23)/t10-,14+/m1/s1. The number of hydrogen-bond acceptors (Lipinski definition) is 5. The Balaban J connectivity index is 1.92. The molecule has 1 aliphatic rings. The second kappa shape index (κ2) is 6.54. The predicted molar refractivity (Wildman–Crippen MR) is 89.1 cm³/mol. The van der Waals surface area contributed by atoms with E-state index in [4.69, 9.17) is 5.73 Å². The molecule has 1 amide bonds. The molecule has 0 fully saturated rings.